The predicted octanol–water partition coefficient (Wildman–Crippen LogP) is 1.90. The quantitative estimate of drug-likeness (QED) is 0.837. The zero-order chi connectivity index (χ0) is 11.6. The Morgan fingerprint density at radius 3 is 2.88 bits per heavy atom. The first kappa shape index (κ1) is 15.1. The fourth-order valence-electron chi connectivity index (χ4n) is 2.75. The lowest BCUT2D eigenvalue weighted by molar-refractivity contribution is -0.137. The van der Waals surface area contributed by atoms with Crippen LogP contribution in [0.15, 0.2) is 0 Å². The van der Waals surface area contributed by atoms with Crippen molar-refractivity contribution in [2.75, 3.05) is 25.4 Å². The number of carbonyl (C=O) groups is 1. The van der Waals surface area contributed by atoms with Crippen LogP contribution in [0.2, 0.25) is 0 Å². The molecular formula is C12H23ClN2OS. The second-order valence-corrected chi connectivity index (χ2v) is 6.44. The first-order valence-corrected chi connectivity index (χ1v) is 7.39. The first-order chi connectivity index (χ1) is 7.68. The van der Waals surface area contributed by atoms with Crippen LogP contribution in [0.3, 0.4) is 0 Å². The Balaban J connectivity index is 0.00000144. The van der Waals surface area contributed by atoms with Gasteiger partial charge in [-0.25, -0.2) is 0 Å². The second-order valence-electron chi connectivity index (χ2n) is 4.90. The predicted molar refractivity (Wildman–Crippen MR) is 76.0 cm³/mol. The van der Waals surface area contributed by atoms with E-state index in [-0.39, 0.29) is 17.9 Å². The molecule has 2 atom stereocenters. The maximum absolute atomic E-state index is 12.6. The third kappa shape index (κ3) is 3.09. The molecule has 0 spiro atoms. The van der Waals surface area contributed by atoms with Crippen LogP contribution in [0, 0.1) is 0 Å². The third-order valence-electron chi connectivity index (χ3n) is 3.78. The van der Waals surface area contributed by atoms with E-state index < -0.39 is 0 Å². The van der Waals surface area contributed by atoms with Gasteiger partial charge in [-0.05, 0) is 25.8 Å². The van der Waals surface area contributed by atoms with Gasteiger partial charge >= 0.3 is 0 Å². The summed E-state index contributed by atoms with van der Waals surface area (Å²) in [6.45, 7) is 7.19. The normalized spacial score (nSPS) is 33.3. The Morgan fingerprint density at radius 1 is 1.59 bits per heavy atom. The molecule has 2 aliphatic rings. The fraction of sp³-hybridized carbons (Fsp3) is 0.917. The maximum atomic E-state index is 12.6. The van der Waals surface area contributed by atoms with Crippen molar-refractivity contribution in [3.05, 3.63) is 0 Å². The minimum Gasteiger partial charge on any atom is -0.339 e. The fourth-order valence-corrected chi connectivity index (χ4v) is 3.76. The summed E-state index contributed by atoms with van der Waals surface area (Å²) in [6, 6.07) is 0. The van der Waals surface area contributed by atoms with Crippen LogP contribution in [0.4, 0.5) is 0 Å². The van der Waals surface area contributed by atoms with Gasteiger partial charge in [0.15, 0.2) is 0 Å². The zero-order valence-electron chi connectivity index (χ0n) is 10.7. The van der Waals surface area contributed by atoms with Crippen LogP contribution < -0.4 is 5.32 Å². The van der Waals surface area contributed by atoms with Crippen molar-refractivity contribution in [3.63, 3.8) is 0 Å². The van der Waals surface area contributed by atoms with Gasteiger partial charge in [0.25, 0.3) is 0 Å². The first-order valence-electron chi connectivity index (χ1n) is 6.34. The molecule has 0 aromatic carbocycles. The van der Waals surface area contributed by atoms with Crippen molar-refractivity contribution < 1.29 is 4.79 Å². The molecular weight excluding hydrogens is 256 g/mol. The number of nitrogens with one attached hydrogen (secondary N) is 1. The zero-order valence-corrected chi connectivity index (χ0v) is 12.3. The molecule has 0 saturated carbocycles. The van der Waals surface area contributed by atoms with Crippen LogP contribution >= 0.6 is 24.2 Å². The molecule has 3 nitrogen and oxygen atoms in total. The Morgan fingerprint density at radius 2 is 2.35 bits per heavy atom. The van der Waals surface area contributed by atoms with Gasteiger partial charge in [-0.2, -0.15) is 11.8 Å². The smallest absolute Gasteiger partial charge is 0.242 e. The molecule has 2 saturated heterocycles. The number of hydrogen-bond donors (Lipinski definition) is 1. The molecule has 0 aromatic rings. The summed E-state index contributed by atoms with van der Waals surface area (Å²) >= 11 is 1.97. The highest BCUT2D eigenvalue weighted by molar-refractivity contribution is 7.99. The largest absolute Gasteiger partial charge is 0.339 e. The minimum atomic E-state index is -0.234. The summed E-state index contributed by atoms with van der Waals surface area (Å²) < 4.78 is 0. The topological polar surface area (TPSA) is 32.3 Å². The van der Waals surface area contributed by atoms with Crippen molar-refractivity contribution in [1.29, 1.82) is 0 Å². The van der Waals surface area contributed by atoms with Crippen molar-refractivity contribution in [2.24, 2.45) is 0 Å². The molecule has 1 N–H and O–H groups in total. The molecule has 0 aromatic heterocycles. The van der Waals surface area contributed by atoms with E-state index >= 15 is 0 Å². The number of thioether (sulfide) groups is 1. The molecule has 2 rings (SSSR count). The summed E-state index contributed by atoms with van der Waals surface area (Å²) in [7, 11) is 0. The van der Waals surface area contributed by atoms with E-state index in [1.54, 1.807) is 0 Å². The third-order valence-corrected chi connectivity index (χ3v) is 4.92. The number of carbonyl (C=O) groups excluding carboxylic acids is 1. The number of rotatable bonds is 2. The van der Waals surface area contributed by atoms with Gasteiger partial charge in [-0.15, -0.1) is 12.4 Å². The molecule has 2 fully saturated rings. The van der Waals surface area contributed by atoms with Crippen molar-refractivity contribution >= 4 is 30.1 Å². The molecule has 0 radical (unpaired) electrons. The van der Waals surface area contributed by atoms with Crippen LogP contribution in [0.1, 0.15) is 33.1 Å². The van der Waals surface area contributed by atoms with Gasteiger partial charge in [0.1, 0.15) is 0 Å². The summed E-state index contributed by atoms with van der Waals surface area (Å²) in [5.74, 6) is 1.44. The van der Waals surface area contributed by atoms with Crippen LogP contribution in [0.25, 0.3) is 0 Å². The van der Waals surface area contributed by atoms with Gasteiger partial charge in [0, 0.05) is 24.1 Å². The molecule has 2 heterocycles. The molecule has 2 aliphatic heterocycles. The van der Waals surface area contributed by atoms with E-state index in [0.717, 1.165) is 44.6 Å². The molecule has 17 heavy (non-hydrogen) atoms. The van der Waals surface area contributed by atoms with E-state index in [1.165, 1.54) is 0 Å². The number of hydrogen-bond acceptors (Lipinski definition) is 3. The Hall–Kier alpha value is 0.0700. The van der Waals surface area contributed by atoms with Gasteiger partial charge in [-0.1, -0.05) is 13.8 Å². The SMILES string of the molecule is CCC1(C(=O)N2CCSC(C)C2)CCCN1.Cl. The molecule has 0 bridgehead atoms. The second kappa shape index (κ2) is 6.30. The van der Waals surface area contributed by atoms with Gasteiger partial charge in [0.05, 0.1) is 5.54 Å². The average Bonchev–Trinajstić information content (AvgIpc) is 2.78. The molecule has 1 amide bonds. The van der Waals surface area contributed by atoms with E-state index in [1.807, 2.05) is 11.8 Å². The molecule has 5 heteroatoms. The minimum absolute atomic E-state index is 0. The van der Waals surface area contributed by atoms with Gasteiger partial charge in [0.2, 0.25) is 5.91 Å². The standard InChI is InChI=1S/C12H22N2OS.ClH/c1-3-12(5-4-6-13-12)11(15)14-7-8-16-10(2)9-14;/h10,13H,3-9H2,1-2H3;1H. The number of amides is 1. The number of nitrogens with zero attached hydrogens (tertiary/aromatic N) is 1. The molecule has 2 unspecified atom stereocenters. The average molecular weight is 279 g/mol. The number of halogens is 1. The van der Waals surface area contributed by atoms with E-state index in [4.69, 9.17) is 0 Å². The van der Waals surface area contributed by atoms with Crippen molar-refractivity contribution in [1.82, 2.24) is 10.2 Å². The highest BCUT2D eigenvalue weighted by atomic mass is 35.5. The summed E-state index contributed by atoms with van der Waals surface area (Å²) in [6.07, 6.45) is 3.07. The summed E-state index contributed by atoms with van der Waals surface area (Å²) in [5, 5.41) is 4.02. The van der Waals surface area contributed by atoms with Crippen molar-refractivity contribution in [2.45, 2.75) is 43.9 Å². The highest BCUT2D eigenvalue weighted by Crippen LogP contribution is 2.28. The lowest BCUT2D eigenvalue weighted by Gasteiger charge is -2.37. The Bertz CT molecular complexity index is 269. The van der Waals surface area contributed by atoms with Gasteiger partial charge < -0.3 is 10.2 Å². The van der Waals surface area contributed by atoms with E-state index in [0.29, 0.717) is 11.2 Å². The van der Waals surface area contributed by atoms with Gasteiger partial charge in [-0.3, -0.25) is 4.79 Å². The van der Waals surface area contributed by atoms with Crippen molar-refractivity contribution in [3.8, 4) is 0 Å². The van der Waals surface area contributed by atoms with E-state index in [2.05, 4.69) is 24.1 Å². The monoisotopic (exact) mass is 278 g/mol. The molecule has 0 aliphatic carbocycles. The summed E-state index contributed by atoms with van der Waals surface area (Å²) in [5.41, 5.74) is -0.234. The Labute approximate surface area is 114 Å². The highest BCUT2D eigenvalue weighted by Gasteiger charge is 2.42. The maximum Gasteiger partial charge on any atom is 0.242 e. The summed E-state index contributed by atoms with van der Waals surface area (Å²) in [4.78, 5) is 14.6. The lowest BCUT2D eigenvalue weighted by atomic mass is 9.92. The van der Waals surface area contributed by atoms with Crippen LogP contribution in [0.5, 0.6) is 0 Å². The van der Waals surface area contributed by atoms with E-state index in [9.17, 15) is 4.79 Å². The van der Waals surface area contributed by atoms with Crippen LogP contribution in [-0.4, -0.2) is 47.0 Å². The molecule has 100 valence electrons. The Kier molecular flexibility index (Phi) is 5.61. The lowest BCUT2D eigenvalue weighted by Crippen LogP contribution is -2.57. The van der Waals surface area contributed by atoms with Crippen LogP contribution in [-0.2, 0) is 4.79 Å².